The Morgan fingerprint density at radius 1 is 1.10 bits per heavy atom. The lowest BCUT2D eigenvalue weighted by Gasteiger charge is -2.10. The van der Waals surface area contributed by atoms with Gasteiger partial charge in [-0.15, -0.1) is 0 Å². The first-order valence-electron chi connectivity index (χ1n) is 6.54. The second kappa shape index (κ2) is 5.17. The normalized spacial score (nSPS) is 12.2. The van der Waals surface area contributed by atoms with Crippen LogP contribution in [0.1, 0.15) is 18.4 Å². The van der Waals surface area contributed by atoms with E-state index in [4.69, 9.17) is 0 Å². The van der Waals surface area contributed by atoms with E-state index in [0.29, 0.717) is 5.95 Å². The quantitative estimate of drug-likeness (QED) is 0.763. The van der Waals surface area contributed by atoms with E-state index in [9.17, 15) is 4.79 Å². The lowest BCUT2D eigenvalue weighted by atomic mass is 10.0. The zero-order chi connectivity index (χ0) is 13.9. The Hall–Kier alpha value is -2.62. The molecule has 1 heterocycles. The summed E-state index contributed by atoms with van der Waals surface area (Å²) in [5.74, 6) is 0.193. The molecule has 1 unspecified atom stereocenters. The number of nitrogens with zero attached hydrogens (tertiary/aromatic N) is 1. The van der Waals surface area contributed by atoms with E-state index in [2.05, 4.69) is 15.3 Å². The number of hydrogen-bond donors (Lipinski definition) is 2. The molecule has 0 aliphatic heterocycles. The van der Waals surface area contributed by atoms with Gasteiger partial charge in [-0.3, -0.25) is 10.1 Å². The molecule has 0 aliphatic rings. The van der Waals surface area contributed by atoms with Gasteiger partial charge in [0.15, 0.2) is 0 Å². The van der Waals surface area contributed by atoms with Crippen molar-refractivity contribution in [2.75, 3.05) is 5.32 Å². The van der Waals surface area contributed by atoms with Crippen molar-refractivity contribution >= 4 is 22.9 Å². The average molecular weight is 265 g/mol. The highest BCUT2D eigenvalue weighted by Crippen LogP contribution is 2.18. The minimum atomic E-state index is -0.218. The van der Waals surface area contributed by atoms with Gasteiger partial charge in [-0.2, -0.15) is 0 Å². The topological polar surface area (TPSA) is 57.8 Å². The number of carbonyl (C=O) groups excluding carboxylic acids is 1. The number of aromatic amines is 1. The summed E-state index contributed by atoms with van der Waals surface area (Å²) >= 11 is 0. The van der Waals surface area contributed by atoms with Gasteiger partial charge in [0.2, 0.25) is 11.9 Å². The number of H-pyrrole nitrogens is 1. The molecule has 4 nitrogen and oxygen atoms in total. The molecular weight excluding hydrogens is 250 g/mol. The zero-order valence-corrected chi connectivity index (χ0v) is 11.1. The van der Waals surface area contributed by atoms with Crippen LogP contribution in [0.5, 0.6) is 0 Å². The van der Waals surface area contributed by atoms with Gasteiger partial charge in [-0.05, 0) is 24.6 Å². The number of carbonyl (C=O) groups is 1. The third-order valence-corrected chi connectivity index (χ3v) is 3.32. The zero-order valence-electron chi connectivity index (χ0n) is 11.1. The molecule has 4 heteroatoms. The summed E-state index contributed by atoms with van der Waals surface area (Å²) in [6.45, 7) is 1.88. The molecule has 3 rings (SSSR count). The van der Waals surface area contributed by atoms with Crippen molar-refractivity contribution in [3.8, 4) is 0 Å². The first-order valence-corrected chi connectivity index (χ1v) is 6.54. The predicted octanol–water partition coefficient (Wildman–Crippen LogP) is 3.31. The van der Waals surface area contributed by atoms with Gasteiger partial charge in [-0.1, -0.05) is 42.5 Å². The fourth-order valence-electron chi connectivity index (χ4n) is 2.13. The summed E-state index contributed by atoms with van der Waals surface area (Å²) in [5.41, 5.74) is 2.74. The molecule has 0 saturated carbocycles. The Balaban J connectivity index is 1.78. The van der Waals surface area contributed by atoms with E-state index in [1.54, 1.807) is 0 Å². The Labute approximate surface area is 116 Å². The van der Waals surface area contributed by atoms with Crippen molar-refractivity contribution in [3.63, 3.8) is 0 Å². The van der Waals surface area contributed by atoms with Gasteiger partial charge in [0.25, 0.3) is 0 Å². The molecule has 2 N–H and O–H groups in total. The SMILES string of the molecule is CC(C(=O)Nc1nc2ccccc2[nH]1)c1ccccc1. The molecule has 0 bridgehead atoms. The van der Waals surface area contributed by atoms with Crippen LogP contribution < -0.4 is 5.32 Å². The Bertz CT molecular complexity index is 701. The van der Waals surface area contributed by atoms with Gasteiger partial charge in [0, 0.05) is 0 Å². The lowest BCUT2D eigenvalue weighted by molar-refractivity contribution is -0.117. The number of imidazole rings is 1. The molecule has 3 aromatic rings. The highest BCUT2D eigenvalue weighted by molar-refractivity contribution is 5.95. The Morgan fingerprint density at radius 2 is 1.80 bits per heavy atom. The van der Waals surface area contributed by atoms with Gasteiger partial charge < -0.3 is 4.98 Å². The summed E-state index contributed by atoms with van der Waals surface area (Å²) in [4.78, 5) is 19.6. The van der Waals surface area contributed by atoms with Crippen LogP contribution in [-0.4, -0.2) is 15.9 Å². The number of fused-ring (bicyclic) bond motifs is 1. The molecule has 0 saturated heterocycles. The van der Waals surface area contributed by atoms with E-state index in [-0.39, 0.29) is 11.8 Å². The van der Waals surface area contributed by atoms with E-state index < -0.39 is 0 Å². The number of benzene rings is 2. The molecule has 1 atom stereocenters. The van der Waals surface area contributed by atoms with Crippen LogP contribution in [0.25, 0.3) is 11.0 Å². The molecule has 0 aliphatic carbocycles. The van der Waals surface area contributed by atoms with Gasteiger partial charge in [-0.25, -0.2) is 4.98 Å². The fraction of sp³-hybridized carbons (Fsp3) is 0.125. The molecule has 2 aromatic carbocycles. The molecule has 0 spiro atoms. The van der Waals surface area contributed by atoms with E-state index >= 15 is 0 Å². The Morgan fingerprint density at radius 3 is 2.55 bits per heavy atom. The van der Waals surface area contributed by atoms with Crippen LogP contribution >= 0.6 is 0 Å². The standard InChI is InChI=1S/C16H15N3O/c1-11(12-7-3-2-4-8-12)15(20)19-16-17-13-9-5-6-10-14(13)18-16/h2-11H,1H3,(H2,17,18,19,20). The minimum absolute atomic E-state index is 0.0738. The number of para-hydroxylation sites is 2. The first-order chi connectivity index (χ1) is 9.74. The van der Waals surface area contributed by atoms with E-state index in [0.717, 1.165) is 16.6 Å². The smallest absolute Gasteiger partial charge is 0.233 e. The Kier molecular flexibility index (Phi) is 3.21. The molecule has 100 valence electrons. The van der Waals surface area contributed by atoms with Crippen LogP contribution in [0, 0.1) is 0 Å². The predicted molar refractivity (Wildman–Crippen MR) is 79.6 cm³/mol. The van der Waals surface area contributed by atoms with Gasteiger partial charge >= 0.3 is 0 Å². The van der Waals surface area contributed by atoms with Crippen LogP contribution in [0.3, 0.4) is 0 Å². The third-order valence-electron chi connectivity index (χ3n) is 3.32. The van der Waals surface area contributed by atoms with Gasteiger partial charge in [0.05, 0.1) is 17.0 Å². The lowest BCUT2D eigenvalue weighted by Crippen LogP contribution is -2.19. The molecule has 0 radical (unpaired) electrons. The fourth-order valence-corrected chi connectivity index (χ4v) is 2.13. The number of aromatic nitrogens is 2. The first kappa shape index (κ1) is 12.4. The van der Waals surface area contributed by atoms with E-state index in [1.807, 2.05) is 61.5 Å². The maximum Gasteiger partial charge on any atom is 0.233 e. The van der Waals surface area contributed by atoms with E-state index in [1.165, 1.54) is 0 Å². The second-order valence-corrected chi connectivity index (χ2v) is 4.72. The monoisotopic (exact) mass is 265 g/mol. The minimum Gasteiger partial charge on any atom is -0.324 e. The molecule has 20 heavy (non-hydrogen) atoms. The number of rotatable bonds is 3. The summed E-state index contributed by atoms with van der Waals surface area (Å²) in [5, 5.41) is 2.82. The van der Waals surface area contributed by atoms with Crippen molar-refractivity contribution < 1.29 is 4.79 Å². The number of amides is 1. The largest absolute Gasteiger partial charge is 0.324 e. The van der Waals surface area contributed by atoms with Crippen molar-refractivity contribution in [2.45, 2.75) is 12.8 Å². The summed E-state index contributed by atoms with van der Waals surface area (Å²) < 4.78 is 0. The number of anilines is 1. The maximum atomic E-state index is 12.2. The molecule has 0 fully saturated rings. The van der Waals surface area contributed by atoms with Crippen molar-refractivity contribution in [2.24, 2.45) is 0 Å². The molecular formula is C16H15N3O. The van der Waals surface area contributed by atoms with Crippen LogP contribution in [0.15, 0.2) is 54.6 Å². The summed E-state index contributed by atoms with van der Waals surface area (Å²) in [6, 6.07) is 17.4. The van der Waals surface area contributed by atoms with Crippen LogP contribution in [0.2, 0.25) is 0 Å². The summed E-state index contributed by atoms with van der Waals surface area (Å²) in [7, 11) is 0. The molecule has 1 aromatic heterocycles. The molecule has 1 amide bonds. The van der Waals surface area contributed by atoms with Crippen molar-refractivity contribution in [3.05, 3.63) is 60.2 Å². The maximum absolute atomic E-state index is 12.2. The number of nitrogens with one attached hydrogen (secondary N) is 2. The highest BCUT2D eigenvalue weighted by atomic mass is 16.2. The third kappa shape index (κ3) is 2.40. The van der Waals surface area contributed by atoms with Crippen LogP contribution in [-0.2, 0) is 4.79 Å². The van der Waals surface area contributed by atoms with Crippen molar-refractivity contribution in [1.82, 2.24) is 9.97 Å². The highest BCUT2D eigenvalue weighted by Gasteiger charge is 2.16. The van der Waals surface area contributed by atoms with Crippen molar-refractivity contribution in [1.29, 1.82) is 0 Å². The average Bonchev–Trinajstić information content (AvgIpc) is 2.89. The van der Waals surface area contributed by atoms with Gasteiger partial charge in [0.1, 0.15) is 0 Å². The number of hydrogen-bond acceptors (Lipinski definition) is 2. The second-order valence-electron chi connectivity index (χ2n) is 4.72. The van der Waals surface area contributed by atoms with Crippen LogP contribution in [0.4, 0.5) is 5.95 Å². The summed E-state index contributed by atoms with van der Waals surface area (Å²) in [6.07, 6.45) is 0.